The van der Waals surface area contributed by atoms with Gasteiger partial charge in [0, 0.05) is 25.7 Å². The van der Waals surface area contributed by atoms with Gasteiger partial charge in [-0.25, -0.2) is 9.59 Å². The maximum atomic E-state index is 12.5. The lowest BCUT2D eigenvalue weighted by Crippen LogP contribution is -2.61. The first-order valence-electron chi connectivity index (χ1n) is 9.18. The first-order chi connectivity index (χ1) is 12.9. The molecule has 0 aromatic carbocycles. The Hall–Kier alpha value is -2.35. The Kier molecular flexibility index (Phi) is 9.56. The van der Waals surface area contributed by atoms with Gasteiger partial charge in [0.05, 0.1) is 26.4 Å². The van der Waals surface area contributed by atoms with Crippen molar-refractivity contribution in [3.63, 3.8) is 0 Å². The van der Waals surface area contributed by atoms with Crippen molar-refractivity contribution in [3.8, 4) is 0 Å². The molecule has 1 rings (SSSR count). The standard InChI is InChI=1S/C19H30N2O6/c1-5-26-17(23)19(20-16(4)22,18(24)27-6-2)10-8-7-9-15(3)21-11-13-25-14-12-21/h7,9H,3,5-6,8,10-14H2,1-2,4H3,(H,20,22). The molecule has 1 aliphatic rings. The summed E-state index contributed by atoms with van der Waals surface area (Å²) < 4.78 is 15.4. The highest BCUT2D eigenvalue weighted by Crippen LogP contribution is 2.20. The van der Waals surface area contributed by atoms with Gasteiger partial charge in [-0.2, -0.15) is 0 Å². The second-order valence-electron chi connectivity index (χ2n) is 6.06. The predicted molar refractivity (Wildman–Crippen MR) is 99.7 cm³/mol. The van der Waals surface area contributed by atoms with Gasteiger partial charge in [0.25, 0.3) is 0 Å². The highest BCUT2D eigenvalue weighted by molar-refractivity contribution is 6.07. The van der Waals surface area contributed by atoms with Crippen LogP contribution >= 0.6 is 0 Å². The average Bonchev–Trinajstić information content (AvgIpc) is 2.64. The highest BCUT2D eigenvalue weighted by atomic mass is 16.6. The molecule has 0 bridgehead atoms. The number of hydrogen-bond donors (Lipinski definition) is 1. The van der Waals surface area contributed by atoms with E-state index in [2.05, 4.69) is 16.8 Å². The maximum absolute atomic E-state index is 12.5. The van der Waals surface area contributed by atoms with Crippen molar-refractivity contribution in [3.05, 3.63) is 24.4 Å². The van der Waals surface area contributed by atoms with E-state index in [4.69, 9.17) is 14.2 Å². The summed E-state index contributed by atoms with van der Waals surface area (Å²) in [4.78, 5) is 38.7. The van der Waals surface area contributed by atoms with E-state index in [0.29, 0.717) is 19.6 Å². The fourth-order valence-corrected chi connectivity index (χ4v) is 2.74. The summed E-state index contributed by atoms with van der Waals surface area (Å²) in [6.45, 7) is 11.5. The number of carbonyl (C=O) groups excluding carboxylic acids is 3. The van der Waals surface area contributed by atoms with Gasteiger partial charge < -0.3 is 24.4 Å². The molecule has 0 unspecified atom stereocenters. The van der Waals surface area contributed by atoms with Gasteiger partial charge in [-0.1, -0.05) is 12.7 Å². The van der Waals surface area contributed by atoms with E-state index >= 15 is 0 Å². The number of nitrogens with one attached hydrogen (secondary N) is 1. The van der Waals surface area contributed by atoms with Gasteiger partial charge in [0.1, 0.15) is 0 Å². The van der Waals surface area contributed by atoms with Crippen molar-refractivity contribution < 1.29 is 28.6 Å². The van der Waals surface area contributed by atoms with Gasteiger partial charge in [0.2, 0.25) is 11.4 Å². The van der Waals surface area contributed by atoms with Crippen molar-refractivity contribution in [2.24, 2.45) is 0 Å². The number of ether oxygens (including phenoxy) is 3. The zero-order chi connectivity index (χ0) is 20.3. The molecule has 1 fully saturated rings. The van der Waals surface area contributed by atoms with E-state index in [1.165, 1.54) is 6.92 Å². The summed E-state index contributed by atoms with van der Waals surface area (Å²) in [5.41, 5.74) is -1.03. The van der Waals surface area contributed by atoms with Crippen LogP contribution in [0.5, 0.6) is 0 Å². The maximum Gasteiger partial charge on any atom is 0.343 e. The molecule has 0 atom stereocenters. The van der Waals surface area contributed by atoms with Gasteiger partial charge in [-0.3, -0.25) is 4.79 Å². The third-order valence-electron chi connectivity index (χ3n) is 4.05. The molecule has 0 radical (unpaired) electrons. The number of nitrogens with zero attached hydrogens (tertiary/aromatic N) is 1. The second-order valence-corrected chi connectivity index (χ2v) is 6.06. The van der Waals surface area contributed by atoms with E-state index in [-0.39, 0.29) is 19.6 Å². The highest BCUT2D eigenvalue weighted by Gasteiger charge is 2.49. The van der Waals surface area contributed by atoms with Crippen molar-refractivity contribution in [2.75, 3.05) is 39.5 Å². The first-order valence-corrected chi connectivity index (χ1v) is 9.18. The molecule has 1 aliphatic heterocycles. The smallest absolute Gasteiger partial charge is 0.343 e. The number of esters is 2. The van der Waals surface area contributed by atoms with Crippen molar-refractivity contribution in [2.45, 2.75) is 39.2 Å². The van der Waals surface area contributed by atoms with Crippen molar-refractivity contribution in [1.82, 2.24) is 10.2 Å². The molecule has 1 saturated heterocycles. The van der Waals surface area contributed by atoms with Crippen LogP contribution in [0.1, 0.15) is 33.6 Å². The molecule has 0 saturated carbocycles. The molecule has 1 N–H and O–H groups in total. The van der Waals surface area contributed by atoms with Crippen LogP contribution in [-0.4, -0.2) is 67.8 Å². The molecule has 1 amide bonds. The van der Waals surface area contributed by atoms with Crippen LogP contribution in [0.15, 0.2) is 24.4 Å². The molecule has 0 aliphatic carbocycles. The van der Waals surface area contributed by atoms with Gasteiger partial charge >= 0.3 is 11.9 Å². The monoisotopic (exact) mass is 382 g/mol. The normalized spacial score (nSPS) is 14.7. The summed E-state index contributed by atoms with van der Waals surface area (Å²) in [6.07, 6.45) is 4.02. The molecule has 8 nitrogen and oxygen atoms in total. The van der Waals surface area contributed by atoms with E-state index < -0.39 is 23.4 Å². The Bertz CT molecular complexity index is 549. The molecule has 152 valence electrons. The lowest BCUT2D eigenvalue weighted by Gasteiger charge is -2.30. The minimum Gasteiger partial charge on any atom is -0.464 e. The summed E-state index contributed by atoms with van der Waals surface area (Å²) >= 11 is 0. The molecule has 0 spiro atoms. The van der Waals surface area contributed by atoms with E-state index in [9.17, 15) is 14.4 Å². The Balaban J connectivity index is 2.86. The lowest BCUT2D eigenvalue weighted by atomic mass is 9.92. The van der Waals surface area contributed by atoms with Gasteiger partial charge in [0.15, 0.2) is 0 Å². The third-order valence-corrected chi connectivity index (χ3v) is 4.05. The van der Waals surface area contributed by atoms with Crippen LogP contribution in [0.3, 0.4) is 0 Å². The van der Waals surface area contributed by atoms with Gasteiger partial charge in [-0.15, -0.1) is 0 Å². The van der Waals surface area contributed by atoms with Crippen molar-refractivity contribution >= 4 is 17.8 Å². The van der Waals surface area contributed by atoms with Gasteiger partial charge in [-0.05, 0) is 32.8 Å². The minimum absolute atomic E-state index is 0.0249. The lowest BCUT2D eigenvalue weighted by molar-refractivity contribution is -0.168. The Labute approximate surface area is 160 Å². The number of amides is 1. The van der Waals surface area contributed by atoms with Crippen LogP contribution < -0.4 is 5.32 Å². The van der Waals surface area contributed by atoms with Crippen LogP contribution in [0.25, 0.3) is 0 Å². The number of rotatable bonds is 10. The number of carbonyl (C=O) groups is 3. The van der Waals surface area contributed by atoms with E-state index in [1.807, 2.05) is 12.2 Å². The second kappa shape index (κ2) is 11.4. The molecular weight excluding hydrogens is 352 g/mol. The fraction of sp³-hybridized carbons (Fsp3) is 0.632. The van der Waals surface area contributed by atoms with Crippen LogP contribution in [0.4, 0.5) is 0 Å². The molecular formula is C19H30N2O6. The molecule has 8 heteroatoms. The molecule has 0 aromatic rings. The largest absolute Gasteiger partial charge is 0.464 e. The zero-order valence-electron chi connectivity index (χ0n) is 16.4. The summed E-state index contributed by atoms with van der Waals surface area (Å²) in [5, 5.41) is 2.44. The molecule has 1 heterocycles. The average molecular weight is 382 g/mol. The quantitative estimate of drug-likeness (QED) is 0.344. The van der Waals surface area contributed by atoms with E-state index in [1.54, 1.807) is 13.8 Å². The molecule has 0 aromatic heterocycles. The Morgan fingerprint density at radius 3 is 2.19 bits per heavy atom. The Morgan fingerprint density at radius 1 is 1.15 bits per heavy atom. The minimum atomic E-state index is -1.86. The predicted octanol–water partition coefficient (Wildman–Crippen LogP) is 1.17. The summed E-state index contributed by atoms with van der Waals surface area (Å²) in [7, 11) is 0. The number of morpholine rings is 1. The fourth-order valence-electron chi connectivity index (χ4n) is 2.74. The first kappa shape index (κ1) is 22.7. The third kappa shape index (κ3) is 6.71. The van der Waals surface area contributed by atoms with Crippen LogP contribution in [0, 0.1) is 0 Å². The number of allylic oxidation sites excluding steroid dienone is 2. The number of hydrogen-bond acceptors (Lipinski definition) is 7. The molecule has 27 heavy (non-hydrogen) atoms. The van der Waals surface area contributed by atoms with Crippen LogP contribution in [-0.2, 0) is 28.6 Å². The van der Waals surface area contributed by atoms with Crippen LogP contribution in [0.2, 0.25) is 0 Å². The zero-order valence-corrected chi connectivity index (χ0v) is 16.4. The Morgan fingerprint density at radius 2 is 1.70 bits per heavy atom. The summed E-state index contributed by atoms with van der Waals surface area (Å²) in [6, 6.07) is 0. The topological polar surface area (TPSA) is 94.2 Å². The van der Waals surface area contributed by atoms with E-state index in [0.717, 1.165) is 18.8 Å². The SMILES string of the molecule is C=C(C=CCCC(NC(C)=O)(C(=O)OCC)C(=O)OCC)N1CCOCC1. The van der Waals surface area contributed by atoms with Crippen molar-refractivity contribution in [1.29, 1.82) is 0 Å². The summed E-state index contributed by atoms with van der Waals surface area (Å²) in [5.74, 6) is -2.16.